The Labute approximate surface area is 123 Å². The first-order valence-electron chi connectivity index (χ1n) is 6.70. The maximum atomic E-state index is 13.0. The molecule has 0 aliphatic heterocycles. The molecule has 1 rings (SSSR count). The molecule has 2 atom stereocenters. The van der Waals surface area contributed by atoms with Crippen molar-refractivity contribution in [3.05, 3.63) is 35.6 Å². The molecule has 0 saturated heterocycles. The third-order valence-corrected chi connectivity index (χ3v) is 3.15. The Hall–Kier alpha value is -1.95. The maximum Gasteiger partial charge on any atom is 0.328 e. The number of aryl methyl sites for hydroxylation is 1. The molecule has 5 nitrogen and oxygen atoms in total. The minimum atomic E-state index is -1.14. The Morgan fingerprint density at radius 2 is 2.14 bits per heavy atom. The smallest absolute Gasteiger partial charge is 0.328 e. The largest absolute Gasteiger partial charge is 0.480 e. The lowest BCUT2D eigenvalue weighted by Crippen LogP contribution is -2.45. The van der Waals surface area contributed by atoms with Gasteiger partial charge in [-0.15, -0.1) is 0 Å². The second-order valence-electron chi connectivity index (χ2n) is 4.92. The van der Waals surface area contributed by atoms with E-state index < -0.39 is 12.0 Å². The first kappa shape index (κ1) is 17.1. The molecule has 0 saturated carbocycles. The van der Waals surface area contributed by atoms with Gasteiger partial charge in [-0.3, -0.25) is 4.79 Å². The number of carboxylic acid groups (broad SMARTS) is 1. The van der Waals surface area contributed by atoms with E-state index in [0.29, 0.717) is 12.8 Å². The quantitative estimate of drug-likeness (QED) is 0.764. The van der Waals surface area contributed by atoms with Gasteiger partial charge < -0.3 is 15.2 Å². The van der Waals surface area contributed by atoms with Crippen molar-refractivity contribution < 1.29 is 23.8 Å². The Balaban J connectivity index is 2.48. The van der Waals surface area contributed by atoms with Crippen LogP contribution < -0.4 is 5.32 Å². The maximum absolute atomic E-state index is 13.0. The van der Waals surface area contributed by atoms with Gasteiger partial charge in [-0.1, -0.05) is 19.1 Å². The number of carboxylic acids is 1. The fraction of sp³-hybridized carbons (Fsp3) is 0.467. The lowest BCUT2D eigenvalue weighted by molar-refractivity contribution is -0.143. The molecule has 0 bridgehead atoms. The molecular formula is C15H20FNO4. The van der Waals surface area contributed by atoms with Gasteiger partial charge in [0.2, 0.25) is 5.91 Å². The van der Waals surface area contributed by atoms with Gasteiger partial charge in [0.05, 0.1) is 6.61 Å². The van der Waals surface area contributed by atoms with Gasteiger partial charge >= 0.3 is 5.97 Å². The number of halogens is 1. The zero-order valence-corrected chi connectivity index (χ0v) is 12.1. The van der Waals surface area contributed by atoms with Gasteiger partial charge in [0.25, 0.3) is 0 Å². The summed E-state index contributed by atoms with van der Waals surface area (Å²) in [7, 11) is 1.37. The molecule has 0 fully saturated rings. The number of rotatable bonds is 8. The molecule has 0 aromatic heterocycles. The summed E-state index contributed by atoms with van der Waals surface area (Å²) in [5, 5.41) is 11.4. The van der Waals surface area contributed by atoms with E-state index in [1.165, 1.54) is 19.2 Å². The fourth-order valence-electron chi connectivity index (χ4n) is 1.86. The molecular weight excluding hydrogens is 277 g/mol. The Bertz CT molecular complexity index is 492. The molecule has 1 amide bonds. The van der Waals surface area contributed by atoms with E-state index >= 15 is 0 Å². The number of amides is 1. The molecule has 21 heavy (non-hydrogen) atoms. The van der Waals surface area contributed by atoms with E-state index in [1.807, 2.05) is 0 Å². The monoisotopic (exact) mass is 297 g/mol. The van der Waals surface area contributed by atoms with Gasteiger partial charge in [0.1, 0.15) is 5.82 Å². The van der Waals surface area contributed by atoms with Crippen molar-refractivity contribution in [3.8, 4) is 0 Å². The van der Waals surface area contributed by atoms with Gasteiger partial charge in [-0.25, -0.2) is 9.18 Å². The summed E-state index contributed by atoms with van der Waals surface area (Å²) in [5.41, 5.74) is 0.807. The first-order valence-corrected chi connectivity index (χ1v) is 6.70. The number of benzene rings is 1. The highest BCUT2D eigenvalue weighted by molar-refractivity contribution is 5.84. The summed E-state index contributed by atoms with van der Waals surface area (Å²) in [6, 6.07) is 5.14. The SMILES string of the molecule is COCC(NC(=O)C(C)CCc1cccc(F)c1)C(=O)O. The number of hydrogen-bond acceptors (Lipinski definition) is 3. The number of carbonyl (C=O) groups excluding carboxylic acids is 1. The molecule has 0 aliphatic rings. The van der Waals surface area contributed by atoms with Crippen LogP contribution in [0, 0.1) is 11.7 Å². The number of methoxy groups -OCH3 is 1. The number of nitrogens with one attached hydrogen (secondary N) is 1. The van der Waals surface area contributed by atoms with E-state index in [-0.39, 0.29) is 24.2 Å². The normalized spacial score (nSPS) is 13.5. The van der Waals surface area contributed by atoms with E-state index in [0.717, 1.165) is 5.56 Å². The zero-order chi connectivity index (χ0) is 15.8. The Morgan fingerprint density at radius 3 is 2.71 bits per heavy atom. The number of ether oxygens (including phenoxy) is 1. The van der Waals surface area contributed by atoms with E-state index in [9.17, 15) is 14.0 Å². The van der Waals surface area contributed by atoms with Crippen molar-refractivity contribution in [2.24, 2.45) is 5.92 Å². The Morgan fingerprint density at radius 1 is 1.43 bits per heavy atom. The van der Waals surface area contributed by atoms with E-state index in [4.69, 9.17) is 9.84 Å². The van der Waals surface area contributed by atoms with Crippen molar-refractivity contribution in [2.75, 3.05) is 13.7 Å². The molecule has 0 spiro atoms. The van der Waals surface area contributed by atoms with Crippen LogP contribution in [0.25, 0.3) is 0 Å². The van der Waals surface area contributed by atoms with Gasteiger partial charge in [-0.2, -0.15) is 0 Å². The average molecular weight is 297 g/mol. The molecule has 6 heteroatoms. The standard InChI is InChI=1S/C15H20FNO4/c1-10(6-7-11-4-3-5-12(16)8-11)14(18)17-13(9-21-2)15(19)20/h3-5,8,10,13H,6-7,9H2,1-2H3,(H,17,18)(H,19,20). The molecule has 0 heterocycles. The highest BCUT2D eigenvalue weighted by Gasteiger charge is 2.22. The van der Waals surface area contributed by atoms with Crippen LogP contribution >= 0.6 is 0 Å². The van der Waals surface area contributed by atoms with Gasteiger partial charge in [-0.05, 0) is 30.5 Å². The van der Waals surface area contributed by atoms with Crippen LogP contribution in [0.4, 0.5) is 4.39 Å². The topological polar surface area (TPSA) is 75.6 Å². The molecule has 2 unspecified atom stereocenters. The average Bonchev–Trinajstić information content (AvgIpc) is 2.44. The molecule has 1 aromatic rings. The lowest BCUT2D eigenvalue weighted by atomic mass is 10.00. The van der Waals surface area contributed by atoms with Crippen LogP contribution in [-0.4, -0.2) is 36.7 Å². The van der Waals surface area contributed by atoms with Gasteiger partial charge in [0.15, 0.2) is 6.04 Å². The highest BCUT2D eigenvalue weighted by Crippen LogP contribution is 2.11. The van der Waals surface area contributed by atoms with Crippen LogP contribution in [-0.2, 0) is 20.7 Å². The van der Waals surface area contributed by atoms with Crippen LogP contribution in [0.3, 0.4) is 0 Å². The zero-order valence-electron chi connectivity index (χ0n) is 12.1. The second kappa shape index (κ2) is 8.36. The molecule has 0 aliphatic carbocycles. The summed E-state index contributed by atoms with van der Waals surface area (Å²) < 4.78 is 17.8. The summed E-state index contributed by atoms with van der Waals surface area (Å²) in [5.74, 6) is -2.17. The van der Waals surface area contributed by atoms with Crippen LogP contribution in [0.2, 0.25) is 0 Å². The third kappa shape index (κ3) is 5.91. The predicted molar refractivity (Wildman–Crippen MR) is 75.3 cm³/mol. The van der Waals surface area contributed by atoms with Crippen LogP contribution in [0.1, 0.15) is 18.9 Å². The Kier molecular flexibility index (Phi) is 6.81. The number of hydrogen-bond donors (Lipinski definition) is 2. The van der Waals surface area contributed by atoms with Gasteiger partial charge in [0, 0.05) is 13.0 Å². The minimum Gasteiger partial charge on any atom is -0.480 e. The molecule has 2 N–H and O–H groups in total. The molecule has 0 radical (unpaired) electrons. The van der Waals surface area contributed by atoms with Crippen molar-refractivity contribution in [1.29, 1.82) is 0 Å². The molecule has 1 aromatic carbocycles. The van der Waals surface area contributed by atoms with Crippen molar-refractivity contribution in [2.45, 2.75) is 25.8 Å². The van der Waals surface area contributed by atoms with Crippen molar-refractivity contribution >= 4 is 11.9 Å². The fourth-order valence-corrected chi connectivity index (χ4v) is 1.86. The summed E-state index contributed by atoms with van der Waals surface area (Å²) in [6.07, 6.45) is 1.06. The second-order valence-corrected chi connectivity index (χ2v) is 4.92. The number of carbonyl (C=O) groups is 2. The number of aliphatic carboxylic acids is 1. The minimum absolute atomic E-state index is 0.0856. The van der Waals surface area contributed by atoms with Crippen LogP contribution in [0.5, 0.6) is 0 Å². The summed E-state index contributed by atoms with van der Waals surface area (Å²) >= 11 is 0. The molecule has 116 valence electrons. The summed E-state index contributed by atoms with van der Waals surface area (Å²) in [6.45, 7) is 1.62. The van der Waals surface area contributed by atoms with E-state index in [2.05, 4.69) is 5.32 Å². The highest BCUT2D eigenvalue weighted by atomic mass is 19.1. The van der Waals surface area contributed by atoms with Crippen molar-refractivity contribution in [1.82, 2.24) is 5.32 Å². The van der Waals surface area contributed by atoms with Crippen LogP contribution in [0.15, 0.2) is 24.3 Å². The lowest BCUT2D eigenvalue weighted by Gasteiger charge is -2.17. The third-order valence-electron chi connectivity index (χ3n) is 3.15. The van der Waals surface area contributed by atoms with E-state index in [1.54, 1.807) is 19.1 Å². The first-order chi connectivity index (χ1) is 9.93. The summed E-state index contributed by atoms with van der Waals surface area (Å²) in [4.78, 5) is 22.8. The van der Waals surface area contributed by atoms with Crippen molar-refractivity contribution in [3.63, 3.8) is 0 Å². The predicted octanol–water partition coefficient (Wildman–Crippen LogP) is 1.61.